The highest BCUT2D eigenvalue weighted by Crippen LogP contribution is 2.21. The first-order valence-electron chi connectivity index (χ1n) is 7.36. The van der Waals surface area contributed by atoms with Crippen molar-refractivity contribution in [3.63, 3.8) is 0 Å². The lowest BCUT2D eigenvalue weighted by Gasteiger charge is -2.05. The highest BCUT2D eigenvalue weighted by molar-refractivity contribution is 9.10. The second-order valence-electron chi connectivity index (χ2n) is 5.21. The number of ether oxygens (including phenoxy) is 1. The lowest BCUT2D eigenvalue weighted by Crippen LogP contribution is -2.11. The molecular weight excluding hydrogens is 370 g/mol. The van der Waals surface area contributed by atoms with Crippen molar-refractivity contribution in [2.24, 2.45) is 0 Å². The number of methoxy groups -OCH3 is 1. The lowest BCUT2D eigenvalue weighted by molar-refractivity contribution is 0.102. The topological polar surface area (TPSA) is 56.1 Å². The van der Waals surface area contributed by atoms with Gasteiger partial charge in [-0.25, -0.2) is 4.68 Å². The lowest BCUT2D eigenvalue weighted by atomic mass is 10.1. The zero-order valence-corrected chi connectivity index (χ0v) is 14.7. The van der Waals surface area contributed by atoms with Crippen molar-refractivity contribution in [2.75, 3.05) is 12.4 Å². The minimum absolute atomic E-state index is 0.181. The second kappa shape index (κ2) is 7.42. The van der Waals surface area contributed by atoms with Gasteiger partial charge in [-0.05, 0) is 45.8 Å². The monoisotopic (exact) mass is 385 g/mol. The van der Waals surface area contributed by atoms with Crippen LogP contribution in [-0.2, 0) is 11.3 Å². The van der Waals surface area contributed by atoms with Crippen molar-refractivity contribution < 1.29 is 9.53 Å². The van der Waals surface area contributed by atoms with Crippen molar-refractivity contribution in [1.29, 1.82) is 0 Å². The maximum absolute atomic E-state index is 12.4. The van der Waals surface area contributed by atoms with Crippen LogP contribution in [0.4, 0.5) is 5.69 Å². The normalized spacial score (nSPS) is 10.6. The van der Waals surface area contributed by atoms with Gasteiger partial charge < -0.3 is 10.1 Å². The summed E-state index contributed by atoms with van der Waals surface area (Å²) in [5, 5.41) is 7.15. The molecule has 0 aliphatic carbocycles. The fourth-order valence-corrected chi connectivity index (χ4v) is 2.80. The van der Waals surface area contributed by atoms with Gasteiger partial charge in [-0.3, -0.25) is 4.79 Å². The fourth-order valence-electron chi connectivity index (χ4n) is 2.33. The van der Waals surface area contributed by atoms with Crippen LogP contribution in [0.5, 0.6) is 0 Å². The first-order chi connectivity index (χ1) is 11.7. The van der Waals surface area contributed by atoms with Gasteiger partial charge in [0.15, 0.2) is 0 Å². The summed E-state index contributed by atoms with van der Waals surface area (Å²) in [7, 11) is 1.63. The number of hydrogen-bond acceptors (Lipinski definition) is 3. The highest BCUT2D eigenvalue weighted by atomic mass is 79.9. The Morgan fingerprint density at radius 1 is 1.25 bits per heavy atom. The molecule has 1 aromatic heterocycles. The van der Waals surface area contributed by atoms with Crippen LogP contribution in [-0.4, -0.2) is 22.8 Å². The average molecular weight is 386 g/mol. The van der Waals surface area contributed by atoms with Crippen LogP contribution >= 0.6 is 15.9 Å². The Labute approximate surface area is 148 Å². The van der Waals surface area contributed by atoms with Gasteiger partial charge in [0.2, 0.25) is 0 Å². The van der Waals surface area contributed by atoms with Gasteiger partial charge in [0.1, 0.15) is 0 Å². The SMILES string of the molecule is COCc1cccc(C(=O)Nc2cnn(-c3ccccc3Br)c2)c1. The Hall–Kier alpha value is -2.44. The Bertz CT molecular complexity index is 861. The minimum Gasteiger partial charge on any atom is -0.380 e. The first-order valence-corrected chi connectivity index (χ1v) is 8.15. The van der Waals surface area contributed by atoms with Crippen LogP contribution in [0, 0.1) is 0 Å². The summed E-state index contributed by atoms with van der Waals surface area (Å²) in [5.41, 5.74) is 3.07. The van der Waals surface area contributed by atoms with E-state index in [1.807, 2.05) is 42.5 Å². The molecule has 2 aromatic carbocycles. The third-order valence-corrected chi connectivity index (χ3v) is 4.11. The highest BCUT2D eigenvalue weighted by Gasteiger charge is 2.09. The van der Waals surface area contributed by atoms with Crippen molar-refractivity contribution in [2.45, 2.75) is 6.61 Å². The molecule has 5 nitrogen and oxygen atoms in total. The van der Waals surface area contributed by atoms with Crippen molar-refractivity contribution >= 4 is 27.5 Å². The molecule has 0 aliphatic rings. The quantitative estimate of drug-likeness (QED) is 0.720. The minimum atomic E-state index is -0.181. The maximum atomic E-state index is 12.4. The summed E-state index contributed by atoms with van der Waals surface area (Å²) in [6, 6.07) is 15.1. The van der Waals surface area contributed by atoms with Gasteiger partial charge in [-0.2, -0.15) is 5.10 Å². The number of nitrogens with zero attached hydrogens (tertiary/aromatic N) is 2. The molecule has 3 rings (SSSR count). The molecule has 0 saturated heterocycles. The molecule has 24 heavy (non-hydrogen) atoms. The molecule has 6 heteroatoms. The van der Waals surface area contributed by atoms with Gasteiger partial charge in [0.05, 0.1) is 30.4 Å². The molecule has 1 amide bonds. The molecule has 0 fully saturated rings. The Kier molecular flexibility index (Phi) is 5.08. The smallest absolute Gasteiger partial charge is 0.255 e. The zero-order valence-electron chi connectivity index (χ0n) is 13.1. The van der Waals surface area contributed by atoms with E-state index in [9.17, 15) is 4.79 Å². The molecule has 0 atom stereocenters. The Morgan fingerprint density at radius 2 is 2.08 bits per heavy atom. The number of para-hydroxylation sites is 1. The molecule has 0 saturated carbocycles. The molecule has 0 bridgehead atoms. The number of nitrogens with one attached hydrogen (secondary N) is 1. The number of halogens is 1. The first kappa shape index (κ1) is 16.4. The van der Waals surface area contributed by atoms with E-state index in [1.165, 1.54) is 0 Å². The number of benzene rings is 2. The van der Waals surface area contributed by atoms with E-state index in [0.29, 0.717) is 17.9 Å². The molecular formula is C18H16BrN3O2. The largest absolute Gasteiger partial charge is 0.380 e. The van der Waals surface area contributed by atoms with Gasteiger partial charge in [0, 0.05) is 17.1 Å². The zero-order chi connectivity index (χ0) is 16.9. The van der Waals surface area contributed by atoms with E-state index < -0.39 is 0 Å². The van der Waals surface area contributed by atoms with Crippen LogP contribution in [0.15, 0.2) is 65.4 Å². The number of aromatic nitrogens is 2. The predicted molar refractivity (Wildman–Crippen MR) is 96.4 cm³/mol. The summed E-state index contributed by atoms with van der Waals surface area (Å²) < 4.78 is 7.73. The van der Waals surface area contributed by atoms with E-state index in [-0.39, 0.29) is 5.91 Å². The number of rotatable bonds is 5. The molecule has 0 radical (unpaired) electrons. The average Bonchev–Trinajstić information content (AvgIpc) is 3.04. The van der Waals surface area contributed by atoms with Crippen LogP contribution in [0.1, 0.15) is 15.9 Å². The van der Waals surface area contributed by atoms with Crippen molar-refractivity contribution in [1.82, 2.24) is 9.78 Å². The Morgan fingerprint density at radius 3 is 2.88 bits per heavy atom. The third-order valence-electron chi connectivity index (χ3n) is 3.44. The number of carbonyl (C=O) groups excluding carboxylic acids is 1. The van der Waals surface area contributed by atoms with Crippen LogP contribution in [0.25, 0.3) is 5.69 Å². The van der Waals surface area contributed by atoms with Gasteiger partial charge in [0.25, 0.3) is 5.91 Å². The van der Waals surface area contributed by atoms with Crippen LogP contribution < -0.4 is 5.32 Å². The van der Waals surface area contributed by atoms with E-state index in [4.69, 9.17) is 4.74 Å². The van der Waals surface area contributed by atoms with Gasteiger partial charge in [-0.15, -0.1) is 0 Å². The van der Waals surface area contributed by atoms with E-state index in [2.05, 4.69) is 26.3 Å². The molecule has 1 heterocycles. The van der Waals surface area contributed by atoms with Crippen molar-refractivity contribution in [3.05, 3.63) is 76.5 Å². The fraction of sp³-hybridized carbons (Fsp3) is 0.111. The molecule has 122 valence electrons. The number of amides is 1. The number of hydrogen-bond donors (Lipinski definition) is 1. The van der Waals surface area contributed by atoms with Crippen LogP contribution in [0.2, 0.25) is 0 Å². The summed E-state index contributed by atoms with van der Waals surface area (Å²) in [6.07, 6.45) is 3.40. The van der Waals surface area contributed by atoms with E-state index >= 15 is 0 Å². The summed E-state index contributed by atoms with van der Waals surface area (Å²) in [6.45, 7) is 0.473. The standard InChI is InChI=1S/C18H16BrN3O2/c1-24-12-13-5-4-6-14(9-13)18(23)21-15-10-20-22(11-15)17-8-3-2-7-16(17)19/h2-11H,12H2,1H3,(H,21,23). The summed E-state index contributed by atoms with van der Waals surface area (Å²) in [4.78, 5) is 12.4. The molecule has 0 unspecified atom stereocenters. The molecule has 1 N–H and O–H groups in total. The van der Waals surface area contributed by atoms with Gasteiger partial charge in [-0.1, -0.05) is 24.3 Å². The number of anilines is 1. The molecule has 3 aromatic rings. The van der Waals surface area contributed by atoms with Crippen LogP contribution in [0.3, 0.4) is 0 Å². The summed E-state index contributed by atoms with van der Waals surface area (Å²) in [5.74, 6) is -0.181. The second-order valence-corrected chi connectivity index (χ2v) is 6.07. The third kappa shape index (κ3) is 3.72. The van der Waals surface area contributed by atoms with Crippen molar-refractivity contribution in [3.8, 4) is 5.69 Å². The van der Waals surface area contributed by atoms with Gasteiger partial charge >= 0.3 is 0 Å². The van der Waals surface area contributed by atoms with E-state index in [1.54, 1.807) is 30.3 Å². The molecule has 0 aliphatic heterocycles. The summed E-state index contributed by atoms with van der Waals surface area (Å²) >= 11 is 3.49. The molecule has 0 spiro atoms. The maximum Gasteiger partial charge on any atom is 0.255 e. The number of carbonyl (C=O) groups is 1. The van der Waals surface area contributed by atoms with E-state index in [0.717, 1.165) is 15.7 Å². The predicted octanol–water partition coefficient (Wildman–Crippen LogP) is 4.03. The Balaban J connectivity index is 1.76.